The molecule has 1 amide bonds. The lowest BCUT2D eigenvalue weighted by Crippen LogP contribution is -2.57. The molecule has 3 fully saturated rings. The summed E-state index contributed by atoms with van der Waals surface area (Å²) in [6, 6.07) is 11.3. The van der Waals surface area contributed by atoms with Crippen molar-refractivity contribution in [3.63, 3.8) is 0 Å². The number of nitrogens with two attached hydrogens (primary N) is 1. The molecule has 26 heavy (non-hydrogen) atoms. The van der Waals surface area contributed by atoms with E-state index in [-0.39, 0.29) is 5.92 Å². The van der Waals surface area contributed by atoms with Gasteiger partial charge in [0, 0.05) is 44.2 Å². The maximum absolute atomic E-state index is 13.2. The molecule has 2 N–H and O–H groups in total. The third-order valence-corrected chi connectivity index (χ3v) is 7.01. The van der Waals surface area contributed by atoms with Crippen LogP contribution in [0.15, 0.2) is 30.3 Å². The molecule has 4 heteroatoms. The molecule has 0 aromatic heterocycles. The van der Waals surface area contributed by atoms with Crippen molar-refractivity contribution in [3.8, 4) is 0 Å². The van der Waals surface area contributed by atoms with Gasteiger partial charge in [-0.3, -0.25) is 9.69 Å². The van der Waals surface area contributed by atoms with Crippen molar-refractivity contribution in [1.29, 1.82) is 0 Å². The number of benzene rings is 1. The summed E-state index contributed by atoms with van der Waals surface area (Å²) in [5.74, 6) is 1.77. The summed E-state index contributed by atoms with van der Waals surface area (Å²) in [6.07, 6.45) is 5.79. The van der Waals surface area contributed by atoms with E-state index >= 15 is 0 Å². The van der Waals surface area contributed by atoms with Crippen LogP contribution in [0.1, 0.15) is 44.6 Å². The predicted octanol–water partition coefficient (Wildman–Crippen LogP) is 2.87. The van der Waals surface area contributed by atoms with E-state index in [1.54, 1.807) is 0 Å². The van der Waals surface area contributed by atoms with E-state index in [4.69, 9.17) is 5.73 Å². The Bertz CT molecular complexity index is 605. The summed E-state index contributed by atoms with van der Waals surface area (Å²) in [7, 11) is 0. The first kappa shape index (κ1) is 18.0. The molecule has 0 radical (unpaired) electrons. The van der Waals surface area contributed by atoms with Gasteiger partial charge in [0.2, 0.25) is 5.91 Å². The Morgan fingerprint density at radius 3 is 2.46 bits per heavy atom. The number of carbonyl (C=O) groups is 1. The van der Waals surface area contributed by atoms with Crippen LogP contribution in [0.25, 0.3) is 0 Å². The van der Waals surface area contributed by atoms with Gasteiger partial charge >= 0.3 is 0 Å². The molecule has 2 bridgehead atoms. The van der Waals surface area contributed by atoms with Crippen LogP contribution in [0.4, 0.5) is 0 Å². The van der Waals surface area contributed by atoms with Crippen molar-refractivity contribution in [2.24, 2.45) is 23.5 Å². The first-order valence-electron chi connectivity index (χ1n) is 10.4. The normalized spacial score (nSPS) is 35.3. The number of piperazine rings is 1. The Balaban J connectivity index is 1.35. The molecule has 0 spiro atoms. The SMILES string of the molecule is CC1CN(Cc2ccccc2)CCN1C(=O)C1CC2CCCC(C1)C2N. The average molecular weight is 356 g/mol. The predicted molar refractivity (Wildman–Crippen MR) is 104 cm³/mol. The van der Waals surface area contributed by atoms with Gasteiger partial charge in [0.25, 0.3) is 0 Å². The summed E-state index contributed by atoms with van der Waals surface area (Å²) >= 11 is 0. The van der Waals surface area contributed by atoms with Crippen LogP contribution >= 0.6 is 0 Å². The number of hydrogen-bond acceptors (Lipinski definition) is 3. The standard InChI is InChI=1S/C22H33N3O/c1-16-14-24(15-17-6-3-2-4-7-17)10-11-25(16)22(26)20-12-18-8-5-9-19(13-20)21(18)23/h2-4,6-7,16,18-21H,5,8-15,23H2,1H3. The fourth-order valence-electron chi connectivity index (χ4n) is 5.57. The lowest BCUT2D eigenvalue weighted by Gasteiger charge is -2.46. The number of nitrogens with zero attached hydrogens (tertiary/aromatic N) is 2. The van der Waals surface area contributed by atoms with E-state index in [0.717, 1.165) is 39.0 Å². The molecule has 2 saturated carbocycles. The van der Waals surface area contributed by atoms with Gasteiger partial charge < -0.3 is 10.6 Å². The van der Waals surface area contributed by atoms with Crippen LogP contribution in [0.5, 0.6) is 0 Å². The first-order chi connectivity index (χ1) is 12.6. The van der Waals surface area contributed by atoms with Crippen molar-refractivity contribution in [2.45, 2.75) is 57.7 Å². The van der Waals surface area contributed by atoms with Crippen LogP contribution in [0, 0.1) is 17.8 Å². The maximum Gasteiger partial charge on any atom is 0.226 e. The molecule has 1 aromatic rings. The van der Waals surface area contributed by atoms with E-state index in [1.807, 2.05) is 0 Å². The number of rotatable bonds is 3. The maximum atomic E-state index is 13.2. The molecule has 1 heterocycles. The van der Waals surface area contributed by atoms with Gasteiger partial charge in [0.15, 0.2) is 0 Å². The Morgan fingerprint density at radius 1 is 1.12 bits per heavy atom. The zero-order chi connectivity index (χ0) is 18.1. The smallest absolute Gasteiger partial charge is 0.226 e. The van der Waals surface area contributed by atoms with Gasteiger partial charge in [-0.2, -0.15) is 0 Å². The topological polar surface area (TPSA) is 49.6 Å². The zero-order valence-electron chi connectivity index (χ0n) is 16.0. The number of hydrogen-bond donors (Lipinski definition) is 1. The van der Waals surface area contributed by atoms with Gasteiger partial charge in [-0.15, -0.1) is 0 Å². The van der Waals surface area contributed by atoms with Gasteiger partial charge in [-0.25, -0.2) is 0 Å². The molecule has 1 aliphatic heterocycles. The Kier molecular flexibility index (Phi) is 5.32. The number of amides is 1. The highest BCUT2D eigenvalue weighted by Crippen LogP contribution is 2.42. The summed E-state index contributed by atoms with van der Waals surface area (Å²) in [6.45, 7) is 6.01. The summed E-state index contributed by atoms with van der Waals surface area (Å²) < 4.78 is 0. The molecule has 1 saturated heterocycles. The Hall–Kier alpha value is -1.39. The summed E-state index contributed by atoms with van der Waals surface area (Å²) in [5, 5.41) is 0. The highest BCUT2D eigenvalue weighted by atomic mass is 16.2. The Morgan fingerprint density at radius 2 is 1.81 bits per heavy atom. The molecule has 2 aliphatic carbocycles. The van der Waals surface area contributed by atoms with Crippen LogP contribution < -0.4 is 5.73 Å². The summed E-state index contributed by atoms with van der Waals surface area (Å²) in [4.78, 5) is 17.9. The lowest BCUT2D eigenvalue weighted by molar-refractivity contribution is -0.143. The quantitative estimate of drug-likeness (QED) is 0.907. The van der Waals surface area contributed by atoms with Crippen molar-refractivity contribution >= 4 is 5.91 Å². The minimum Gasteiger partial charge on any atom is -0.337 e. The second-order valence-electron chi connectivity index (χ2n) is 8.80. The highest BCUT2D eigenvalue weighted by molar-refractivity contribution is 5.79. The molecular formula is C22H33N3O. The van der Waals surface area contributed by atoms with Gasteiger partial charge in [-0.05, 0) is 50.0 Å². The van der Waals surface area contributed by atoms with Gasteiger partial charge in [0.05, 0.1) is 0 Å². The second-order valence-corrected chi connectivity index (χ2v) is 8.80. The minimum absolute atomic E-state index is 0.216. The molecule has 142 valence electrons. The van der Waals surface area contributed by atoms with E-state index < -0.39 is 0 Å². The fraction of sp³-hybridized carbons (Fsp3) is 0.682. The fourth-order valence-corrected chi connectivity index (χ4v) is 5.57. The second kappa shape index (κ2) is 7.69. The van der Waals surface area contributed by atoms with E-state index in [2.05, 4.69) is 47.1 Å². The molecule has 3 atom stereocenters. The zero-order valence-corrected chi connectivity index (χ0v) is 16.0. The largest absolute Gasteiger partial charge is 0.337 e. The Labute approximate surface area is 157 Å². The van der Waals surface area contributed by atoms with Crippen molar-refractivity contribution in [1.82, 2.24) is 9.80 Å². The molecule has 3 unspecified atom stereocenters. The minimum atomic E-state index is 0.216. The molecule has 4 rings (SSSR count). The van der Waals surface area contributed by atoms with Crippen molar-refractivity contribution in [3.05, 3.63) is 35.9 Å². The van der Waals surface area contributed by atoms with Crippen LogP contribution in [0.3, 0.4) is 0 Å². The first-order valence-corrected chi connectivity index (χ1v) is 10.4. The molecular weight excluding hydrogens is 322 g/mol. The molecule has 1 aromatic carbocycles. The van der Waals surface area contributed by atoms with Crippen molar-refractivity contribution in [2.75, 3.05) is 19.6 Å². The van der Waals surface area contributed by atoms with E-state index in [9.17, 15) is 4.79 Å². The van der Waals surface area contributed by atoms with Crippen molar-refractivity contribution < 1.29 is 4.79 Å². The number of fused-ring (bicyclic) bond motifs is 2. The molecule has 4 nitrogen and oxygen atoms in total. The third kappa shape index (κ3) is 3.67. The number of carbonyl (C=O) groups excluding carboxylic acids is 1. The lowest BCUT2D eigenvalue weighted by atomic mass is 9.65. The highest BCUT2D eigenvalue weighted by Gasteiger charge is 2.42. The van der Waals surface area contributed by atoms with E-state index in [0.29, 0.717) is 29.8 Å². The van der Waals surface area contributed by atoms with Gasteiger partial charge in [-0.1, -0.05) is 36.8 Å². The average Bonchev–Trinajstić information content (AvgIpc) is 2.62. The summed E-state index contributed by atoms with van der Waals surface area (Å²) in [5.41, 5.74) is 7.77. The van der Waals surface area contributed by atoms with Crippen LogP contribution in [0.2, 0.25) is 0 Å². The molecule has 3 aliphatic rings. The van der Waals surface area contributed by atoms with Gasteiger partial charge in [0.1, 0.15) is 0 Å². The monoisotopic (exact) mass is 355 g/mol. The van der Waals surface area contributed by atoms with Crippen LogP contribution in [-0.4, -0.2) is 47.4 Å². The third-order valence-electron chi connectivity index (χ3n) is 7.01. The van der Waals surface area contributed by atoms with E-state index in [1.165, 1.54) is 24.8 Å². The van der Waals surface area contributed by atoms with Crippen LogP contribution in [-0.2, 0) is 11.3 Å².